The van der Waals surface area contributed by atoms with E-state index in [2.05, 4.69) is 11.4 Å². The number of benzene rings is 1. The van der Waals surface area contributed by atoms with Crippen LogP contribution in [0.3, 0.4) is 0 Å². The average Bonchev–Trinajstić information content (AvgIpc) is 2.36. The molecule has 0 aliphatic rings. The van der Waals surface area contributed by atoms with Gasteiger partial charge in [0.1, 0.15) is 5.82 Å². The molecule has 0 bridgehead atoms. The van der Waals surface area contributed by atoms with Crippen LogP contribution >= 0.6 is 0 Å². The Morgan fingerprint density at radius 1 is 1.50 bits per heavy atom. The second-order valence-corrected chi connectivity index (χ2v) is 4.32. The van der Waals surface area contributed by atoms with Crippen molar-refractivity contribution >= 4 is 5.69 Å². The lowest BCUT2D eigenvalue weighted by Crippen LogP contribution is -2.21. The van der Waals surface area contributed by atoms with Crippen LogP contribution in [0.25, 0.3) is 0 Å². The van der Waals surface area contributed by atoms with Gasteiger partial charge in [-0.25, -0.2) is 4.39 Å². The molecule has 0 saturated heterocycles. The normalized spacial score (nSPS) is 11.9. The number of nitriles is 1. The van der Waals surface area contributed by atoms with Crippen LogP contribution in [0.2, 0.25) is 0 Å². The van der Waals surface area contributed by atoms with Crippen LogP contribution in [0.15, 0.2) is 18.2 Å². The van der Waals surface area contributed by atoms with E-state index in [0.29, 0.717) is 18.7 Å². The summed E-state index contributed by atoms with van der Waals surface area (Å²) in [5, 5.41) is 11.8. The summed E-state index contributed by atoms with van der Waals surface area (Å²) in [6.07, 6.45) is 0.394. The van der Waals surface area contributed by atoms with Crippen molar-refractivity contribution in [3.05, 3.63) is 29.6 Å². The van der Waals surface area contributed by atoms with Gasteiger partial charge in [0.25, 0.3) is 0 Å². The predicted octanol–water partition coefficient (Wildman–Crippen LogP) is 2.85. The zero-order chi connectivity index (χ0) is 13.5. The molecular formula is C14H20FN3. The SMILES string of the molecule is CCNC(C)c1ccc(N(C)CCC#N)c(F)c1. The maximum Gasteiger partial charge on any atom is 0.146 e. The van der Waals surface area contributed by atoms with Crippen LogP contribution in [0.5, 0.6) is 0 Å². The summed E-state index contributed by atoms with van der Waals surface area (Å²) in [6, 6.07) is 7.46. The van der Waals surface area contributed by atoms with Crippen molar-refractivity contribution in [2.24, 2.45) is 0 Å². The molecule has 0 amide bonds. The maximum absolute atomic E-state index is 14.0. The Bertz CT molecular complexity index is 426. The summed E-state index contributed by atoms with van der Waals surface area (Å²) in [5.41, 5.74) is 1.48. The van der Waals surface area contributed by atoms with Gasteiger partial charge in [0.15, 0.2) is 0 Å². The molecule has 0 fully saturated rings. The van der Waals surface area contributed by atoms with E-state index in [-0.39, 0.29) is 11.9 Å². The van der Waals surface area contributed by atoms with Crippen molar-refractivity contribution in [3.63, 3.8) is 0 Å². The molecule has 1 aromatic carbocycles. The van der Waals surface area contributed by atoms with E-state index in [0.717, 1.165) is 12.1 Å². The summed E-state index contributed by atoms with van der Waals surface area (Å²) < 4.78 is 14.0. The molecule has 0 aliphatic carbocycles. The summed E-state index contributed by atoms with van der Waals surface area (Å²) in [6.45, 7) is 5.43. The first-order valence-corrected chi connectivity index (χ1v) is 6.21. The molecular weight excluding hydrogens is 229 g/mol. The van der Waals surface area contributed by atoms with Crippen LogP contribution < -0.4 is 10.2 Å². The van der Waals surface area contributed by atoms with Gasteiger partial charge in [-0.1, -0.05) is 13.0 Å². The summed E-state index contributed by atoms with van der Waals surface area (Å²) in [4.78, 5) is 1.76. The Hall–Kier alpha value is -1.60. The molecule has 0 aliphatic heterocycles. The molecule has 98 valence electrons. The van der Waals surface area contributed by atoms with Gasteiger partial charge in [0.05, 0.1) is 18.2 Å². The number of rotatable bonds is 6. The quantitative estimate of drug-likeness (QED) is 0.842. The molecule has 3 nitrogen and oxygen atoms in total. The highest BCUT2D eigenvalue weighted by atomic mass is 19.1. The van der Waals surface area contributed by atoms with Gasteiger partial charge < -0.3 is 10.2 Å². The lowest BCUT2D eigenvalue weighted by Gasteiger charge is -2.20. The summed E-state index contributed by atoms with van der Waals surface area (Å²) >= 11 is 0. The molecule has 1 unspecified atom stereocenters. The Labute approximate surface area is 108 Å². The maximum atomic E-state index is 14.0. The number of halogens is 1. The first-order valence-electron chi connectivity index (χ1n) is 6.21. The van der Waals surface area contributed by atoms with Crippen LogP contribution in [-0.2, 0) is 0 Å². The fourth-order valence-electron chi connectivity index (χ4n) is 1.86. The first kappa shape index (κ1) is 14.5. The minimum atomic E-state index is -0.238. The fraction of sp³-hybridized carbons (Fsp3) is 0.500. The molecule has 0 aromatic heterocycles. The Morgan fingerprint density at radius 2 is 2.22 bits per heavy atom. The minimum absolute atomic E-state index is 0.142. The Balaban J connectivity index is 2.82. The summed E-state index contributed by atoms with van der Waals surface area (Å²) in [7, 11) is 1.79. The zero-order valence-corrected chi connectivity index (χ0v) is 11.2. The average molecular weight is 249 g/mol. The van der Waals surface area contributed by atoms with E-state index >= 15 is 0 Å². The van der Waals surface area contributed by atoms with E-state index in [1.165, 1.54) is 0 Å². The highest BCUT2D eigenvalue weighted by molar-refractivity contribution is 5.49. The van der Waals surface area contributed by atoms with Gasteiger partial charge in [0, 0.05) is 19.6 Å². The van der Waals surface area contributed by atoms with E-state index in [4.69, 9.17) is 5.26 Å². The standard InChI is InChI=1S/C14H20FN3/c1-4-17-11(2)12-6-7-14(13(15)10-12)18(3)9-5-8-16/h6-7,10-11,17H,4-5,9H2,1-3H3. The largest absolute Gasteiger partial charge is 0.371 e. The highest BCUT2D eigenvalue weighted by Gasteiger charge is 2.11. The van der Waals surface area contributed by atoms with Crippen LogP contribution in [0.4, 0.5) is 10.1 Å². The molecule has 0 spiro atoms. The number of nitrogens with zero attached hydrogens (tertiary/aromatic N) is 2. The molecule has 1 atom stereocenters. The van der Waals surface area contributed by atoms with Crippen molar-refractivity contribution in [1.82, 2.24) is 5.32 Å². The van der Waals surface area contributed by atoms with Gasteiger partial charge in [-0.3, -0.25) is 0 Å². The van der Waals surface area contributed by atoms with E-state index in [9.17, 15) is 4.39 Å². The third-order valence-electron chi connectivity index (χ3n) is 2.95. The molecule has 0 radical (unpaired) electrons. The van der Waals surface area contributed by atoms with E-state index in [1.54, 1.807) is 24.1 Å². The van der Waals surface area contributed by atoms with Crippen molar-refractivity contribution in [2.45, 2.75) is 26.3 Å². The van der Waals surface area contributed by atoms with Crippen LogP contribution in [0, 0.1) is 17.1 Å². The zero-order valence-electron chi connectivity index (χ0n) is 11.2. The molecule has 1 rings (SSSR count). The second-order valence-electron chi connectivity index (χ2n) is 4.32. The second kappa shape index (κ2) is 6.97. The monoisotopic (exact) mass is 249 g/mol. The van der Waals surface area contributed by atoms with Gasteiger partial charge in [-0.2, -0.15) is 5.26 Å². The lowest BCUT2D eigenvalue weighted by molar-refractivity contribution is 0.582. The minimum Gasteiger partial charge on any atom is -0.371 e. The Kier molecular flexibility index (Phi) is 5.60. The predicted molar refractivity (Wildman–Crippen MR) is 72.0 cm³/mol. The van der Waals surface area contributed by atoms with Crippen LogP contribution in [-0.4, -0.2) is 20.1 Å². The van der Waals surface area contributed by atoms with Crippen LogP contribution in [0.1, 0.15) is 31.9 Å². The summed E-state index contributed by atoms with van der Waals surface area (Å²) in [5.74, 6) is -0.238. The molecule has 1 aromatic rings. The van der Waals surface area contributed by atoms with Gasteiger partial charge in [-0.05, 0) is 31.2 Å². The highest BCUT2D eigenvalue weighted by Crippen LogP contribution is 2.22. The first-order chi connectivity index (χ1) is 8.60. The van der Waals surface area contributed by atoms with Gasteiger partial charge in [0.2, 0.25) is 0 Å². The lowest BCUT2D eigenvalue weighted by atomic mass is 10.1. The van der Waals surface area contributed by atoms with Crippen molar-refractivity contribution in [3.8, 4) is 6.07 Å². The third-order valence-corrected chi connectivity index (χ3v) is 2.95. The molecule has 0 saturated carbocycles. The van der Waals surface area contributed by atoms with Gasteiger partial charge in [-0.15, -0.1) is 0 Å². The van der Waals surface area contributed by atoms with Crippen molar-refractivity contribution in [1.29, 1.82) is 5.26 Å². The van der Waals surface area contributed by atoms with Gasteiger partial charge >= 0.3 is 0 Å². The number of hydrogen-bond donors (Lipinski definition) is 1. The Morgan fingerprint density at radius 3 is 2.78 bits per heavy atom. The molecule has 1 N–H and O–H groups in total. The number of nitrogens with one attached hydrogen (secondary N) is 1. The smallest absolute Gasteiger partial charge is 0.146 e. The van der Waals surface area contributed by atoms with Crippen molar-refractivity contribution in [2.75, 3.05) is 25.0 Å². The number of hydrogen-bond acceptors (Lipinski definition) is 3. The van der Waals surface area contributed by atoms with E-state index in [1.807, 2.05) is 19.9 Å². The van der Waals surface area contributed by atoms with Crippen molar-refractivity contribution < 1.29 is 4.39 Å². The number of anilines is 1. The molecule has 18 heavy (non-hydrogen) atoms. The fourth-order valence-corrected chi connectivity index (χ4v) is 1.86. The topological polar surface area (TPSA) is 39.1 Å². The molecule has 0 heterocycles. The van der Waals surface area contributed by atoms with E-state index < -0.39 is 0 Å². The molecule has 4 heteroatoms. The third kappa shape index (κ3) is 3.71.